The fourth-order valence-corrected chi connectivity index (χ4v) is 1.53. The highest BCUT2D eigenvalue weighted by atomic mass is 32.2. The molecule has 0 amide bonds. The Hall–Kier alpha value is -1.03. The number of rotatable bonds is 1. The third-order valence-electron chi connectivity index (χ3n) is 1.52. The van der Waals surface area contributed by atoms with Crippen LogP contribution in [-0.2, 0) is 0 Å². The molecule has 2 heterocycles. The van der Waals surface area contributed by atoms with Crippen molar-refractivity contribution in [3.63, 3.8) is 0 Å². The fraction of sp³-hybridized carbons (Fsp3) is 0.143. The van der Waals surface area contributed by atoms with E-state index in [1.54, 1.807) is 24.3 Å². The Morgan fingerprint density at radius 1 is 1.55 bits per heavy atom. The van der Waals surface area contributed by atoms with Crippen LogP contribution in [0.1, 0.15) is 0 Å². The number of aromatic amines is 1. The molecule has 2 aromatic rings. The molecule has 2 rings (SSSR count). The van der Waals surface area contributed by atoms with Crippen molar-refractivity contribution in [1.29, 1.82) is 0 Å². The third-order valence-corrected chi connectivity index (χ3v) is 2.28. The van der Waals surface area contributed by atoms with Crippen LogP contribution < -0.4 is 0 Å². The maximum absolute atomic E-state index is 4.15. The van der Waals surface area contributed by atoms with E-state index in [4.69, 9.17) is 0 Å². The van der Waals surface area contributed by atoms with Gasteiger partial charge in [0, 0.05) is 6.20 Å². The van der Waals surface area contributed by atoms with Crippen molar-refractivity contribution >= 4 is 22.8 Å². The summed E-state index contributed by atoms with van der Waals surface area (Å²) in [6, 6.07) is 0. The van der Waals surface area contributed by atoms with E-state index >= 15 is 0 Å². The monoisotopic (exact) mass is 165 g/mol. The average molecular weight is 165 g/mol. The van der Waals surface area contributed by atoms with Crippen LogP contribution in [0.4, 0.5) is 0 Å². The topological polar surface area (TPSA) is 41.6 Å². The van der Waals surface area contributed by atoms with Crippen molar-refractivity contribution in [2.24, 2.45) is 0 Å². The molecule has 11 heavy (non-hydrogen) atoms. The van der Waals surface area contributed by atoms with E-state index in [-0.39, 0.29) is 0 Å². The molecule has 0 saturated heterocycles. The van der Waals surface area contributed by atoms with Crippen LogP contribution in [0.2, 0.25) is 0 Å². The van der Waals surface area contributed by atoms with Crippen molar-refractivity contribution in [1.82, 2.24) is 15.0 Å². The normalized spacial score (nSPS) is 10.6. The molecule has 2 aromatic heterocycles. The minimum atomic E-state index is 0.997. The zero-order valence-corrected chi connectivity index (χ0v) is 6.85. The molecule has 4 heteroatoms. The van der Waals surface area contributed by atoms with Crippen molar-refractivity contribution < 1.29 is 0 Å². The zero-order chi connectivity index (χ0) is 7.68. The van der Waals surface area contributed by atoms with E-state index < -0.39 is 0 Å². The molecule has 0 atom stereocenters. The molecule has 0 aromatic carbocycles. The number of nitrogens with zero attached hydrogens (tertiary/aromatic N) is 2. The van der Waals surface area contributed by atoms with Gasteiger partial charge < -0.3 is 4.98 Å². The number of aromatic nitrogens is 3. The van der Waals surface area contributed by atoms with Crippen molar-refractivity contribution in [3.05, 3.63) is 18.7 Å². The molecule has 0 fully saturated rings. The van der Waals surface area contributed by atoms with Gasteiger partial charge in [-0.1, -0.05) is 0 Å². The second kappa shape index (κ2) is 2.54. The number of nitrogens with one attached hydrogen (secondary N) is 1. The largest absolute Gasteiger partial charge is 0.357 e. The van der Waals surface area contributed by atoms with Gasteiger partial charge in [-0.05, 0) is 6.26 Å². The lowest BCUT2D eigenvalue weighted by atomic mass is 10.5. The van der Waals surface area contributed by atoms with Gasteiger partial charge in [-0.3, -0.25) is 0 Å². The summed E-state index contributed by atoms with van der Waals surface area (Å²) < 4.78 is 0. The number of fused-ring (bicyclic) bond motifs is 1. The van der Waals surface area contributed by atoms with Crippen LogP contribution >= 0.6 is 11.8 Å². The zero-order valence-electron chi connectivity index (χ0n) is 6.03. The van der Waals surface area contributed by atoms with Crippen LogP contribution in [0, 0.1) is 0 Å². The first kappa shape index (κ1) is 6.67. The van der Waals surface area contributed by atoms with Gasteiger partial charge in [-0.2, -0.15) is 0 Å². The van der Waals surface area contributed by atoms with E-state index in [1.165, 1.54) is 4.90 Å². The molecule has 0 bridgehead atoms. The van der Waals surface area contributed by atoms with Crippen molar-refractivity contribution in [3.8, 4) is 0 Å². The van der Waals surface area contributed by atoms with Gasteiger partial charge in [0.05, 0.1) is 16.6 Å². The summed E-state index contributed by atoms with van der Waals surface area (Å²) >= 11 is 1.68. The molecule has 0 aliphatic carbocycles. The molecular weight excluding hydrogens is 158 g/mol. The van der Waals surface area contributed by atoms with E-state index in [1.807, 2.05) is 12.5 Å². The molecule has 1 N–H and O–H groups in total. The lowest BCUT2D eigenvalue weighted by Gasteiger charge is -1.88. The van der Waals surface area contributed by atoms with E-state index in [9.17, 15) is 0 Å². The van der Waals surface area contributed by atoms with Gasteiger partial charge in [0.25, 0.3) is 0 Å². The standard InChI is InChI=1S/C7H7N3S/c1-11-6-3-9-5-2-8-4-10-7(5)6/h2-4,9H,1H3. The predicted molar refractivity (Wildman–Crippen MR) is 45.7 cm³/mol. The Balaban J connectivity index is 2.76. The highest BCUT2D eigenvalue weighted by Gasteiger charge is 2.01. The summed E-state index contributed by atoms with van der Waals surface area (Å²) in [7, 11) is 0. The molecular formula is C7H7N3S. The number of hydrogen-bond acceptors (Lipinski definition) is 3. The molecule has 0 spiro atoms. The van der Waals surface area contributed by atoms with Gasteiger partial charge in [0.1, 0.15) is 11.8 Å². The Morgan fingerprint density at radius 2 is 2.45 bits per heavy atom. The van der Waals surface area contributed by atoms with Gasteiger partial charge in [0.15, 0.2) is 0 Å². The maximum atomic E-state index is 4.15. The Morgan fingerprint density at radius 3 is 3.27 bits per heavy atom. The van der Waals surface area contributed by atoms with Gasteiger partial charge in [-0.25, -0.2) is 9.97 Å². The van der Waals surface area contributed by atoms with Crippen LogP contribution in [-0.4, -0.2) is 21.2 Å². The van der Waals surface area contributed by atoms with Gasteiger partial charge in [-0.15, -0.1) is 11.8 Å². The Labute approximate surface area is 68.2 Å². The van der Waals surface area contributed by atoms with Crippen LogP contribution in [0.5, 0.6) is 0 Å². The molecule has 0 saturated carbocycles. The van der Waals surface area contributed by atoms with Crippen molar-refractivity contribution in [2.75, 3.05) is 6.26 Å². The Bertz CT molecular complexity index is 368. The van der Waals surface area contributed by atoms with Crippen LogP contribution in [0.25, 0.3) is 11.0 Å². The van der Waals surface area contributed by atoms with E-state index in [0.29, 0.717) is 0 Å². The summed E-state index contributed by atoms with van der Waals surface area (Å²) in [5, 5.41) is 0. The molecule has 0 aliphatic heterocycles. The smallest absolute Gasteiger partial charge is 0.116 e. The molecule has 3 nitrogen and oxygen atoms in total. The van der Waals surface area contributed by atoms with Crippen LogP contribution in [0.15, 0.2) is 23.6 Å². The number of H-pyrrole nitrogens is 1. The summed E-state index contributed by atoms with van der Waals surface area (Å²) in [5.41, 5.74) is 2.00. The highest BCUT2D eigenvalue weighted by molar-refractivity contribution is 7.98. The first-order valence-corrected chi connectivity index (χ1v) is 4.45. The highest BCUT2D eigenvalue weighted by Crippen LogP contribution is 2.22. The maximum Gasteiger partial charge on any atom is 0.116 e. The minimum absolute atomic E-state index is 0.997. The SMILES string of the molecule is CSc1c[nH]c2cncnc12. The molecule has 56 valence electrons. The van der Waals surface area contributed by atoms with Gasteiger partial charge >= 0.3 is 0 Å². The second-order valence-electron chi connectivity index (χ2n) is 2.14. The third kappa shape index (κ3) is 0.991. The fourth-order valence-electron chi connectivity index (χ4n) is 0.999. The van der Waals surface area contributed by atoms with Crippen LogP contribution in [0.3, 0.4) is 0 Å². The molecule has 0 radical (unpaired) electrons. The van der Waals surface area contributed by atoms with E-state index in [0.717, 1.165) is 11.0 Å². The predicted octanol–water partition coefficient (Wildman–Crippen LogP) is 1.68. The van der Waals surface area contributed by atoms with Gasteiger partial charge in [0.2, 0.25) is 0 Å². The first-order chi connectivity index (χ1) is 5.42. The summed E-state index contributed by atoms with van der Waals surface area (Å²) in [6.07, 6.45) is 7.33. The van der Waals surface area contributed by atoms with E-state index in [2.05, 4.69) is 15.0 Å². The average Bonchev–Trinajstić information content (AvgIpc) is 2.47. The molecule has 0 aliphatic rings. The van der Waals surface area contributed by atoms with Crippen molar-refractivity contribution in [2.45, 2.75) is 4.90 Å². The summed E-state index contributed by atoms with van der Waals surface area (Å²) in [4.78, 5) is 12.3. The number of thioether (sulfide) groups is 1. The lowest BCUT2D eigenvalue weighted by Crippen LogP contribution is -1.76. The minimum Gasteiger partial charge on any atom is -0.357 e. The lowest BCUT2D eigenvalue weighted by molar-refractivity contribution is 1.21. The summed E-state index contributed by atoms with van der Waals surface area (Å²) in [5.74, 6) is 0. The number of hydrogen-bond donors (Lipinski definition) is 1. The summed E-state index contributed by atoms with van der Waals surface area (Å²) in [6.45, 7) is 0. The first-order valence-electron chi connectivity index (χ1n) is 3.23. The Kier molecular flexibility index (Phi) is 1.54. The second-order valence-corrected chi connectivity index (χ2v) is 2.99. The molecule has 0 unspecified atom stereocenters. The quantitative estimate of drug-likeness (QED) is 0.654.